The zero-order chi connectivity index (χ0) is 14.6. The lowest BCUT2D eigenvalue weighted by atomic mass is 10.3. The molecule has 0 amide bonds. The smallest absolute Gasteiger partial charge is 0.226 e. The summed E-state index contributed by atoms with van der Waals surface area (Å²) in [5, 5.41) is 6.94. The van der Waals surface area contributed by atoms with E-state index in [-0.39, 0.29) is 11.3 Å². The van der Waals surface area contributed by atoms with Gasteiger partial charge in [0.2, 0.25) is 15.9 Å². The van der Waals surface area contributed by atoms with E-state index in [4.69, 9.17) is 4.52 Å². The molecular weight excluding hydrogens is 280 g/mol. The van der Waals surface area contributed by atoms with Crippen LogP contribution >= 0.6 is 0 Å². The van der Waals surface area contributed by atoms with E-state index >= 15 is 0 Å². The van der Waals surface area contributed by atoms with Gasteiger partial charge in [-0.25, -0.2) is 13.1 Å². The monoisotopic (exact) mass is 302 g/mol. The molecular formula is C12H22N4O3S. The molecule has 0 aromatic carbocycles. The molecule has 1 aromatic heterocycles. The van der Waals surface area contributed by atoms with Crippen LogP contribution in [0.4, 0.5) is 0 Å². The van der Waals surface area contributed by atoms with Gasteiger partial charge in [0.15, 0.2) is 5.82 Å². The van der Waals surface area contributed by atoms with Crippen LogP contribution in [0.1, 0.15) is 38.4 Å². The van der Waals surface area contributed by atoms with Crippen molar-refractivity contribution in [1.29, 1.82) is 0 Å². The molecule has 1 unspecified atom stereocenters. The van der Waals surface area contributed by atoms with Gasteiger partial charge in [-0.3, -0.25) is 0 Å². The average molecular weight is 302 g/mol. The highest BCUT2D eigenvalue weighted by Gasteiger charge is 2.35. The Morgan fingerprint density at radius 2 is 2.20 bits per heavy atom. The van der Waals surface area contributed by atoms with Crippen molar-refractivity contribution < 1.29 is 12.9 Å². The summed E-state index contributed by atoms with van der Waals surface area (Å²) in [6.45, 7) is 5.01. The standard InChI is InChI=1S/C12H22N4O3S/c1-3-12-15-11(16-19-12)6-7-13-9(2)8-14-20(17,18)10-4-5-10/h9-10,13-14H,3-8H2,1-2H3. The second kappa shape index (κ2) is 6.64. The number of hydrogen-bond acceptors (Lipinski definition) is 6. The highest BCUT2D eigenvalue weighted by atomic mass is 32.2. The third-order valence-electron chi connectivity index (χ3n) is 3.21. The number of nitrogens with zero attached hydrogens (tertiary/aromatic N) is 2. The molecule has 1 heterocycles. The molecule has 0 bridgehead atoms. The average Bonchev–Trinajstić information content (AvgIpc) is 3.18. The largest absolute Gasteiger partial charge is 0.339 e. The molecule has 8 heteroatoms. The fourth-order valence-electron chi connectivity index (χ4n) is 1.78. The quantitative estimate of drug-likeness (QED) is 0.678. The molecule has 0 spiro atoms. The van der Waals surface area contributed by atoms with E-state index in [1.807, 2.05) is 13.8 Å². The van der Waals surface area contributed by atoms with E-state index in [9.17, 15) is 8.42 Å². The number of nitrogens with one attached hydrogen (secondary N) is 2. The molecule has 1 atom stereocenters. The van der Waals surface area contributed by atoms with Gasteiger partial charge in [-0.05, 0) is 19.8 Å². The summed E-state index contributed by atoms with van der Waals surface area (Å²) in [6, 6.07) is 0.0704. The maximum atomic E-state index is 11.7. The van der Waals surface area contributed by atoms with Crippen LogP contribution in [0.5, 0.6) is 0 Å². The number of hydrogen-bond donors (Lipinski definition) is 2. The van der Waals surface area contributed by atoms with Crippen molar-refractivity contribution in [2.45, 2.75) is 50.8 Å². The molecule has 1 aromatic rings. The summed E-state index contributed by atoms with van der Waals surface area (Å²) in [6.07, 6.45) is 2.98. The van der Waals surface area contributed by atoms with Crippen LogP contribution < -0.4 is 10.0 Å². The van der Waals surface area contributed by atoms with Gasteiger partial charge in [-0.2, -0.15) is 4.98 Å². The molecule has 1 aliphatic carbocycles. The molecule has 0 radical (unpaired) electrons. The fourth-order valence-corrected chi connectivity index (χ4v) is 3.25. The Morgan fingerprint density at radius 1 is 1.45 bits per heavy atom. The van der Waals surface area contributed by atoms with E-state index in [0.717, 1.165) is 19.3 Å². The van der Waals surface area contributed by atoms with E-state index in [2.05, 4.69) is 20.2 Å². The summed E-state index contributed by atoms with van der Waals surface area (Å²) < 4.78 is 31.0. The van der Waals surface area contributed by atoms with E-state index in [0.29, 0.717) is 31.2 Å². The Bertz CT molecular complexity index is 525. The fraction of sp³-hybridized carbons (Fsp3) is 0.833. The minimum absolute atomic E-state index is 0.0704. The Morgan fingerprint density at radius 3 is 2.80 bits per heavy atom. The Kier molecular flexibility index (Phi) is 5.11. The van der Waals surface area contributed by atoms with Crippen molar-refractivity contribution in [2.24, 2.45) is 0 Å². The van der Waals surface area contributed by atoms with Crippen LogP contribution in [0.2, 0.25) is 0 Å². The summed E-state index contributed by atoms with van der Waals surface area (Å²) in [5.41, 5.74) is 0. The second-order valence-electron chi connectivity index (χ2n) is 5.16. The van der Waals surface area contributed by atoms with Crippen LogP contribution in [-0.2, 0) is 22.9 Å². The van der Waals surface area contributed by atoms with Crippen LogP contribution in [-0.4, -0.2) is 42.9 Å². The van der Waals surface area contributed by atoms with Gasteiger partial charge >= 0.3 is 0 Å². The van der Waals surface area contributed by atoms with E-state index < -0.39 is 10.0 Å². The predicted molar refractivity (Wildman–Crippen MR) is 74.8 cm³/mol. The van der Waals surface area contributed by atoms with Crippen molar-refractivity contribution in [3.8, 4) is 0 Å². The SMILES string of the molecule is CCc1nc(CCNC(C)CNS(=O)(=O)C2CC2)no1. The first-order valence-corrected chi connectivity index (χ1v) is 8.59. The molecule has 0 saturated heterocycles. The lowest BCUT2D eigenvalue weighted by Gasteiger charge is -2.14. The molecule has 2 rings (SSSR count). The topological polar surface area (TPSA) is 97.1 Å². The first-order chi connectivity index (χ1) is 9.51. The minimum Gasteiger partial charge on any atom is -0.339 e. The van der Waals surface area contributed by atoms with Crippen molar-refractivity contribution in [1.82, 2.24) is 20.2 Å². The molecule has 114 valence electrons. The van der Waals surface area contributed by atoms with Crippen LogP contribution in [0.3, 0.4) is 0 Å². The molecule has 2 N–H and O–H groups in total. The van der Waals surface area contributed by atoms with Gasteiger partial charge < -0.3 is 9.84 Å². The van der Waals surface area contributed by atoms with Gasteiger partial charge in [-0.15, -0.1) is 0 Å². The lowest BCUT2D eigenvalue weighted by Crippen LogP contribution is -2.40. The summed E-state index contributed by atoms with van der Waals surface area (Å²) in [4.78, 5) is 4.21. The molecule has 7 nitrogen and oxygen atoms in total. The first-order valence-electron chi connectivity index (χ1n) is 7.04. The van der Waals surface area contributed by atoms with Gasteiger partial charge in [0.1, 0.15) is 0 Å². The molecule has 1 fully saturated rings. The number of sulfonamides is 1. The van der Waals surface area contributed by atoms with Crippen molar-refractivity contribution in [3.63, 3.8) is 0 Å². The zero-order valence-electron chi connectivity index (χ0n) is 11.9. The predicted octanol–water partition coefficient (Wildman–Crippen LogP) is 0.234. The minimum atomic E-state index is -3.09. The van der Waals surface area contributed by atoms with E-state index in [1.54, 1.807) is 0 Å². The molecule has 20 heavy (non-hydrogen) atoms. The first kappa shape index (κ1) is 15.4. The third-order valence-corrected chi connectivity index (χ3v) is 5.13. The highest BCUT2D eigenvalue weighted by molar-refractivity contribution is 7.90. The number of rotatable bonds is 9. The Balaban J connectivity index is 1.63. The van der Waals surface area contributed by atoms with Gasteiger partial charge in [0.05, 0.1) is 5.25 Å². The second-order valence-corrected chi connectivity index (χ2v) is 7.20. The van der Waals surface area contributed by atoms with Crippen LogP contribution in [0.15, 0.2) is 4.52 Å². The summed E-state index contributed by atoms with van der Waals surface area (Å²) in [7, 11) is -3.09. The van der Waals surface area contributed by atoms with Gasteiger partial charge in [0, 0.05) is 32.0 Å². The van der Waals surface area contributed by atoms with E-state index in [1.165, 1.54) is 0 Å². The van der Waals surface area contributed by atoms with Crippen molar-refractivity contribution in [3.05, 3.63) is 11.7 Å². The van der Waals surface area contributed by atoms with Crippen molar-refractivity contribution in [2.75, 3.05) is 13.1 Å². The van der Waals surface area contributed by atoms with Crippen molar-refractivity contribution >= 4 is 10.0 Å². The number of aryl methyl sites for hydroxylation is 1. The number of aromatic nitrogens is 2. The maximum absolute atomic E-state index is 11.7. The molecule has 1 saturated carbocycles. The highest BCUT2D eigenvalue weighted by Crippen LogP contribution is 2.27. The molecule has 0 aliphatic heterocycles. The Labute approximate surface area is 119 Å². The normalized spacial score (nSPS) is 17.3. The van der Waals surface area contributed by atoms with Crippen LogP contribution in [0, 0.1) is 0 Å². The molecule has 1 aliphatic rings. The third kappa shape index (κ3) is 4.53. The summed E-state index contributed by atoms with van der Waals surface area (Å²) in [5.74, 6) is 1.32. The Hall–Kier alpha value is -0.990. The lowest BCUT2D eigenvalue weighted by molar-refractivity contribution is 0.376. The maximum Gasteiger partial charge on any atom is 0.226 e. The van der Waals surface area contributed by atoms with Gasteiger partial charge in [0.25, 0.3) is 0 Å². The van der Waals surface area contributed by atoms with Crippen LogP contribution in [0.25, 0.3) is 0 Å². The van der Waals surface area contributed by atoms with Gasteiger partial charge in [-0.1, -0.05) is 12.1 Å². The summed E-state index contributed by atoms with van der Waals surface area (Å²) >= 11 is 0. The zero-order valence-corrected chi connectivity index (χ0v) is 12.7.